The topological polar surface area (TPSA) is 18.5 Å². The van der Waals surface area contributed by atoms with Crippen LogP contribution in [0.15, 0.2) is 0 Å². The molecule has 0 bridgehead atoms. The van der Waals surface area contributed by atoms with Gasteiger partial charge < -0.3 is 9.47 Å². The van der Waals surface area contributed by atoms with Crippen LogP contribution in [0.5, 0.6) is 0 Å². The van der Waals surface area contributed by atoms with Gasteiger partial charge in [-0.15, -0.1) is 0 Å². The van der Waals surface area contributed by atoms with E-state index in [1.807, 2.05) is 0 Å². The molecule has 0 aliphatic carbocycles. The molecule has 2 nitrogen and oxygen atoms in total. The van der Waals surface area contributed by atoms with Gasteiger partial charge in [-0.2, -0.15) is 0 Å². The number of hydrogen-bond acceptors (Lipinski definition) is 4. The Balaban J connectivity index is 2.47. The molecule has 0 unspecified atom stereocenters. The highest BCUT2D eigenvalue weighted by Gasteiger charge is 2.17. The van der Waals surface area contributed by atoms with Gasteiger partial charge >= 0.3 is 10.5 Å². The summed E-state index contributed by atoms with van der Waals surface area (Å²) in [6.07, 6.45) is 0. The van der Waals surface area contributed by atoms with Crippen molar-refractivity contribution in [3.8, 4) is 0 Å². The van der Waals surface area contributed by atoms with Crippen molar-refractivity contribution in [3.63, 3.8) is 0 Å². The molecule has 6 heavy (non-hydrogen) atoms. The highest BCUT2D eigenvalue weighted by atomic mass is 32.1. The summed E-state index contributed by atoms with van der Waals surface area (Å²) in [5.74, 6) is 0. The van der Waals surface area contributed by atoms with Gasteiger partial charge in [-0.05, 0) is 0 Å². The summed E-state index contributed by atoms with van der Waals surface area (Å²) in [6.45, 7) is 0. The molecule has 0 aromatic heterocycles. The molecule has 0 radical (unpaired) electrons. The Kier molecular flexibility index (Phi) is 0.743. The first-order chi connectivity index (χ1) is 2.79. The minimum atomic E-state index is 0.125. The molecule has 0 atom stereocenters. The zero-order chi connectivity index (χ0) is 4.57. The van der Waals surface area contributed by atoms with Crippen molar-refractivity contribution < 1.29 is 9.47 Å². The fourth-order valence-corrected chi connectivity index (χ4v) is 0.552. The molecule has 0 amide bonds. The van der Waals surface area contributed by atoms with Crippen LogP contribution < -0.4 is 0 Å². The normalized spacial score (nSPS) is 18.0. The Morgan fingerprint density at radius 1 is 1.00 bits per heavy atom. The summed E-state index contributed by atoms with van der Waals surface area (Å²) in [7, 11) is 0. The lowest BCUT2D eigenvalue weighted by molar-refractivity contribution is 0.236. The highest BCUT2D eigenvalue weighted by Crippen LogP contribution is 2.01. The van der Waals surface area contributed by atoms with E-state index in [1.54, 1.807) is 0 Å². The van der Waals surface area contributed by atoms with E-state index in [2.05, 4.69) is 33.9 Å². The number of thiocarbonyl (C=S) groups is 2. The van der Waals surface area contributed by atoms with Gasteiger partial charge in [-0.1, -0.05) is 0 Å². The number of hydrogen-bond donors (Lipinski definition) is 0. The fraction of sp³-hybridized carbons (Fsp3) is 0. The van der Waals surface area contributed by atoms with Crippen LogP contribution in [0.1, 0.15) is 0 Å². The summed E-state index contributed by atoms with van der Waals surface area (Å²) in [6, 6.07) is 0. The molecule has 1 aliphatic rings. The third kappa shape index (κ3) is 0.483. The lowest BCUT2D eigenvalue weighted by Gasteiger charge is -2.13. The summed E-state index contributed by atoms with van der Waals surface area (Å²) in [5, 5.41) is 0.250. The monoisotopic (exact) mass is 120 g/mol. The van der Waals surface area contributed by atoms with Gasteiger partial charge in [-0.3, -0.25) is 0 Å². The maximum atomic E-state index is 4.38. The molecule has 1 rings (SSSR count). The van der Waals surface area contributed by atoms with Gasteiger partial charge in [0.2, 0.25) is 0 Å². The van der Waals surface area contributed by atoms with E-state index >= 15 is 0 Å². The lowest BCUT2D eigenvalue weighted by atomic mass is 11.2. The number of ether oxygens (including phenoxy) is 2. The summed E-state index contributed by atoms with van der Waals surface area (Å²) < 4.78 is 8.76. The minimum Gasteiger partial charge on any atom is -0.374 e. The van der Waals surface area contributed by atoms with Crippen LogP contribution in [-0.4, -0.2) is 10.5 Å². The van der Waals surface area contributed by atoms with Crippen LogP contribution in [0.25, 0.3) is 0 Å². The predicted molar refractivity (Wildman–Crippen MR) is 27.4 cm³/mol. The Hall–Kier alpha value is -0.220. The van der Waals surface area contributed by atoms with Crippen molar-refractivity contribution in [2.24, 2.45) is 0 Å². The van der Waals surface area contributed by atoms with Crippen LogP contribution in [0.4, 0.5) is 0 Å². The molecular weight excluding hydrogens is 120 g/mol. The Bertz CT molecular complexity index is 86.1. The van der Waals surface area contributed by atoms with Gasteiger partial charge in [0.15, 0.2) is 0 Å². The molecule has 0 spiro atoms. The molecule has 1 saturated heterocycles. The molecule has 1 fully saturated rings. The number of rotatable bonds is 0. The zero-order valence-corrected chi connectivity index (χ0v) is 4.27. The Morgan fingerprint density at radius 3 is 1.33 bits per heavy atom. The maximum absolute atomic E-state index is 4.38. The predicted octanol–water partition coefficient (Wildman–Crippen LogP) is 0.603. The largest absolute Gasteiger partial charge is 0.374 e. The maximum Gasteiger partial charge on any atom is 0.369 e. The Morgan fingerprint density at radius 2 is 1.33 bits per heavy atom. The smallest absolute Gasteiger partial charge is 0.369 e. The van der Waals surface area contributed by atoms with E-state index in [0.717, 1.165) is 0 Å². The molecular formula is C2O2S2. The standard InChI is InChI=1S/C2O2S2/c5-1-3-2(6)4-1. The third-order valence-electron chi connectivity index (χ3n) is 0.333. The minimum absolute atomic E-state index is 0.125. The summed E-state index contributed by atoms with van der Waals surface area (Å²) >= 11 is 8.66. The molecule has 0 aromatic rings. The average Bonchev–Trinajstić information content (AvgIpc) is 1.33. The molecule has 0 saturated carbocycles. The van der Waals surface area contributed by atoms with E-state index in [9.17, 15) is 0 Å². The molecule has 32 valence electrons. The molecule has 0 N–H and O–H groups in total. The summed E-state index contributed by atoms with van der Waals surface area (Å²) in [4.78, 5) is 0. The molecule has 1 aliphatic heterocycles. The van der Waals surface area contributed by atoms with Gasteiger partial charge in [0.25, 0.3) is 0 Å². The van der Waals surface area contributed by atoms with Crippen LogP contribution in [0.2, 0.25) is 0 Å². The van der Waals surface area contributed by atoms with E-state index in [-0.39, 0.29) is 10.5 Å². The Labute approximate surface area is 45.0 Å². The van der Waals surface area contributed by atoms with Gasteiger partial charge in [0.1, 0.15) is 0 Å². The first-order valence-electron chi connectivity index (χ1n) is 1.22. The molecule has 4 heteroatoms. The quantitative estimate of drug-likeness (QED) is 0.436. The van der Waals surface area contributed by atoms with Crippen LogP contribution in [-0.2, 0) is 9.47 Å². The van der Waals surface area contributed by atoms with Crippen molar-refractivity contribution in [2.45, 2.75) is 0 Å². The van der Waals surface area contributed by atoms with E-state index in [1.165, 1.54) is 0 Å². The van der Waals surface area contributed by atoms with Crippen molar-refractivity contribution in [1.29, 1.82) is 0 Å². The van der Waals surface area contributed by atoms with Crippen LogP contribution in [0.3, 0.4) is 0 Å². The lowest BCUT2D eigenvalue weighted by Crippen LogP contribution is -2.27. The summed E-state index contributed by atoms with van der Waals surface area (Å²) in [5.41, 5.74) is 0. The van der Waals surface area contributed by atoms with Crippen molar-refractivity contribution in [3.05, 3.63) is 0 Å². The molecule has 0 aromatic carbocycles. The van der Waals surface area contributed by atoms with Gasteiger partial charge in [0, 0.05) is 24.4 Å². The van der Waals surface area contributed by atoms with Gasteiger partial charge in [0.05, 0.1) is 0 Å². The highest BCUT2D eigenvalue weighted by molar-refractivity contribution is 7.82. The van der Waals surface area contributed by atoms with Crippen molar-refractivity contribution >= 4 is 34.9 Å². The van der Waals surface area contributed by atoms with Gasteiger partial charge in [-0.25, -0.2) is 0 Å². The zero-order valence-electron chi connectivity index (χ0n) is 2.63. The van der Waals surface area contributed by atoms with E-state index < -0.39 is 0 Å². The van der Waals surface area contributed by atoms with Crippen LogP contribution in [0, 0.1) is 0 Å². The molecule has 1 heterocycles. The second-order valence-corrected chi connectivity index (χ2v) is 1.37. The van der Waals surface area contributed by atoms with E-state index in [0.29, 0.717) is 0 Å². The first-order valence-corrected chi connectivity index (χ1v) is 2.04. The third-order valence-corrected chi connectivity index (χ3v) is 0.667. The fourth-order valence-electron chi connectivity index (χ4n) is 0.144. The first kappa shape index (κ1) is 3.95. The SMILES string of the molecule is S=C1OC(=S)O1. The van der Waals surface area contributed by atoms with Crippen molar-refractivity contribution in [1.82, 2.24) is 0 Å². The second-order valence-electron chi connectivity index (χ2n) is 0.704. The van der Waals surface area contributed by atoms with E-state index in [4.69, 9.17) is 0 Å². The second kappa shape index (κ2) is 1.13. The van der Waals surface area contributed by atoms with Crippen LogP contribution >= 0.6 is 24.4 Å². The van der Waals surface area contributed by atoms with Crippen molar-refractivity contribution in [2.75, 3.05) is 0 Å². The average molecular weight is 120 g/mol.